The first-order chi connectivity index (χ1) is 24.2. The number of hydrogen-bond donors (Lipinski definition) is 4. The molecule has 1 aliphatic carbocycles. The summed E-state index contributed by atoms with van der Waals surface area (Å²) in [6, 6.07) is 17.8. The van der Waals surface area contributed by atoms with Gasteiger partial charge in [0, 0.05) is 28.3 Å². The summed E-state index contributed by atoms with van der Waals surface area (Å²) in [7, 11) is -9.33. The fourth-order valence-corrected chi connectivity index (χ4v) is 8.16. The molecule has 12 nitrogen and oxygen atoms in total. The van der Waals surface area contributed by atoms with Crippen molar-refractivity contribution in [3.8, 4) is 28.4 Å². The maximum Gasteiger partial charge on any atom is 0.298 e. The van der Waals surface area contributed by atoms with Crippen LogP contribution in [-0.2, 0) is 25.7 Å². The number of benzene rings is 4. The van der Waals surface area contributed by atoms with Crippen molar-refractivity contribution < 1.29 is 40.2 Å². The van der Waals surface area contributed by atoms with Gasteiger partial charge in [-0.2, -0.15) is 16.8 Å². The SMILES string of the molecule is CCOc1c2c3c(c(Nc4ccc(S(=O)(=O)O)cc4)cc(Oc4ccc(C(C)(C)CC(C)(C)C)cc4S(=O)(=O)O)c3[nH]c1=O)C(=O)c1ccccc1-2. The highest BCUT2D eigenvalue weighted by atomic mass is 32.2. The van der Waals surface area contributed by atoms with Crippen LogP contribution in [0.15, 0.2) is 87.4 Å². The van der Waals surface area contributed by atoms with Gasteiger partial charge in [-0.05, 0) is 71.7 Å². The molecule has 0 atom stereocenters. The van der Waals surface area contributed by atoms with E-state index in [1.807, 2.05) is 13.8 Å². The van der Waals surface area contributed by atoms with E-state index in [1.165, 1.54) is 42.5 Å². The van der Waals surface area contributed by atoms with E-state index in [9.17, 15) is 35.5 Å². The van der Waals surface area contributed by atoms with E-state index in [0.29, 0.717) is 34.4 Å². The van der Waals surface area contributed by atoms with Crippen molar-refractivity contribution in [3.05, 3.63) is 99.8 Å². The summed E-state index contributed by atoms with van der Waals surface area (Å²) in [6.07, 6.45) is 0.694. The Labute approximate surface area is 301 Å². The average Bonchev–Trinajstić information content (AvgIpc) is 3.03. The van der Waals surface area contributed by atoms with Gasteiger partial charge < -0.3 is 19.8 Å². The van der Waals surface area contributed by atoms with E-state index in [4.69, 9.17) is 9.47 Å². The van der Waals surface area contributed by atoms with Crippen LogP contribution in [0.1, 0.15) is 69.4 Å². The first-order valence-electron chi connectivity index (χ1n) is 16.4. The Hall–Kier alpha value is -5.02. The topological polar surface area (TPSA) is 189 Å². The van der Waals surface area contributed by atoms with Crippen molar-refractivity contribution in [3.63, 3.8) is 0 Å². The molecule has 0 spiro atoms. The molecule has 14 heteroatoms. The molecule has 5 aromatic rings. The van der Waals surface area contributed by atoms with Gasteiger partial charge in [0.1, 0.15) is 10.6 Å². The number of carbonyl (C=O) groups is 1. The summed E-state index contributed by atoms with van der Waals surface area (Å²) < 4.78 is 81.2. The highest BCUT2D eigenvalue weighted by Gasteiger charge is 2.35. The van der Waals surface area contributed by atoms with Crippen LogP contribution in [0.5, 0.6) is 17.2 Å². The summed E-state index contributed by atoms with van der Waals surface area (Å²) in [5.41, 5.74) is 1.14. The Morgan fingerprint density at radius 2 is 1.44 bits per heavy atom. The van der Waals surface area contributed by atoms with E-state index < -0.39 is 41.9 Å². The molecular formula is C38H38N2O10S2. The quantitative estimate of drug-likeness (QED) is 0.0998. The fraction of sp³-hybridized carbons (Fsp3) is 0.263. The van der Waals surface area contributed by atoms with E-state index >= 15 is 0 Å². The molecule has 52 heavy (non-hydrogen) atoms. The maximum absolute atomic E-state index is 14.3. The van der Waals surface area contributed by atoms with E-state index in [-0.39, 0.29) is 56.3 Å². The minimum Gasteiger partial charge on any atom is -0.488 e. The second kappa shape index (κ2) is 12.9. The Balaban J connectivity index is 1.63. The summed E-state index contributed by atoms with van der Waals surface area (Å²) in [5, 5.41) is 3.37. The van der Waals surface area contributed by atoms with Gasteiger partial charge in [-0.25, -0.2) is 0 Å². The molecule has 1 aromatic heterocycles. The lowest BCUT2D eigenvalue weighted by Crippen LogP contribution is -2.25. The second-order valence-corrected chi connectivity index (χ2v) is 17.3. The highest BCUT2D eigenvalue weighted by Crippen LogP contribution is 2.49. The van der Waals surface area contributed by atoms with Crippen molar-refractivity contribution in [1.29, 1.82) is 0 Å². The van der Waals surface area contributed by atoms with E-state index in [0.717, 1.165) is 0 Å². The normalized spacial score (nSPS) is 13.2. The molecule has 272 valence electrons. The van der Waals surface area contributed by atoms with Crippen LogP contribution in [0.25, 0.3) is 22.0 Å². The largest absolute Gasteiger partial charge is 0.488 e. The van der Waals surface area contributed by atoms with Crippen LogP contribution in [0.3, 0.4) is 0 Å². The number of aromatic nitrogens is 1. The standard InChI is InChI=1S/C38H38N2O10S2/c1-7-49-35-30-24-10-8-9-11-25(24)34(41)31-26(39-22-13-15-23(16-14-22)51(43,44)45)19-28(33(32(30)31)40-36(35)42)50-27-17-12-21(18-29(27)52(46,47)48)38(5,6)20-37(2,3)4/h8-19,39H,7,20H2,1-6H3,(H,40,42)(H,43,44,45)(H,46,47,48). The zero-order valence-electron chi connectivity index (χ0n) is 29.3. The maximum atomic E-state index is 14.3. The summed E-state index contributed by atoms with van der Waals surface area (Å²) in [4.78, 5) is 29.9. The predicted octanol–water partition coefficient (Wildman–Crippen LogP) is 7.88. The smallest absolute Gasteiger partial charge is 0.298 e. The number of ketones is 1. The van der Waals surface area contributed by atoms with Crippen LogP contribution in [0.4, 0.5) is 11.4 Å². The minimum absolute atomic E-state index is 0.0409. The number of anilines is 2. The number of carbonyl (C=O) groups excluding carboxylic acids is 1. The third-order valence-corrected chi connectivity index (χ3v) is 10.5. The first kappa shape index (κ1) is 36.8. The van der Waals surface area contributed by atoms with Crippen LogP contribution >= 0.6 is 0 Å². The number of pyridine rings is 1. The molecule has 4 N–H and O–H groups in total. The third kappa shape index (κ3) is 6.94. The molecular weight excluding hydrogens is 709 g/mol. The molecule has 0 radical (unpaired) electrons. The third-order valence-electron chi connectivity index (χ3n) is 8.80. The predicted molar refractivity (Wildman–Crippen MR) is 198 cm³/mol. The van der Waals surface area contributed by atoms with Gasteiger partial charge in [0.15, 0.2) is 17.3 Å². The number of rotatable bonds is 10. The van der Waals surface area contributed by atoms with Gasteiger partial charge in [-0.15, -0.1) is 0 Å². The van der Waals surface area contributed by atoms with Crippen LogP contribution in [0.2, 0.25) is 0 Å². The fourth-order valence-electron chi connectivity index (χ4n) is 7.04. The molecule has 0 fully saturated rings. The van der Waals surface area contributed by atoms with Crippen LogP contribution < -0.4 is 20.3 Å². The van der Waals surface area contributed by atoms with Crippen molar-refractivity contribution in [2.75, 3.05) is 11.9 Å². The van der Waals surface area contributed by atoms with Gasteiger partial charge in [-0.3, -0.25) is 18.7 Å². The molecule has 1 heterocycles. The van der Waals surface area contributed by atoms with Crippen LogP contribution in [-0.4, -0.2) is 43.3 Å². The molecule has 0 amide bonds. The lowest BCUT2D eigenvalue weighted by molar-refractivity contribution is 0.104. The molecule has 0 aliphatic heterocycles. The Bertz CT molecular complexity index is 2550. The number of nitrogens with one attached hydrogen (secondary N) is 2. The lowest BCUT2D eigenvalue weighted by Gasteiger charge is -2.33. The first-order valence-corrected chi connectivity index (χ1v) is 19.3. The molecule has 0 unspecified atom stereocenters. The Kier molecular flexibility index (Phi) is 9.11. The summed E-state index contributed by atoms with van der Waals surface area (Å²) >= 11 is 0. The van der Waals surface area contributed by atoms with Crippen molar-refractivity contribution in [2.24, 2.45) is 5.41 Å². The Morgan fingerprint density at radius 3 is 2.04 bits per heavy atom. The summed E-state index contributed by atoms with van der Waals surface area (Å²) in [5.74, 6) is -0.762. The Morgan fingerprint density at radius 1 is 0.788 bits per heavy atom. The van der Waals surface area contributed by atoms with Crippen molar-refractivity contribution >= 4 is 48.3 Å². The lowest BCUT2D eigenvalue weighted by atomic mass is 9.72. The van der Waals surface area contributed by atoms with Crippen LogP contribution in [0, 0.1) is 5.41 Å². The minimum atomic E-state index is -4.85. The van der Waals surface area contributed by atoms with Crippen molar-refractivity contribution in [1.82, 2.24) is 4.98 Å². The number of ether oxygens (including phenoxy) is 2. The zero-order chi connectivity index (χ0) is 38.0. The van der Waals surface area contributed by atoms with Gasteiger partial charge in [0.25, 0.3) is 25.8 Å². The van der Waals surface area contributed by atoms with Gasteiger partial charge in [0.05, 0.1) is 28.3 Å². The molecule has 0 bridgehead atoms. The zero-order valence-corrected chi connectivity index (χ0v) is 31.0. The monoisotopic (exact) mass is 746 g/mol. The van der Waals surface area contributed by atoms with E-state index in [1.54, 1.807) is 37.3 Å². The number of aromatic amines is 1. The molecule has 4 aromatic carbocycles. The average molecular weight is 747 g/mol. The second-order valence-electron chi connectivity index (χ2n) is 14.5. The number of fused-ring (bicyclic) bond motifs is 2. The highest BCUT2D eigenvalue weighted by molar-refractivity contribution is 7.86. The van der Waals surface area contributed by atoms with Crippen molar-refractivity contribution in [2.45, 2.75) is 63.2 Å². The van der Waals surface area contributed by atoms with Gasteiger partial charge >= 0.3 is 0 Å². The van der Waals surface area contributed by atoms with Gasteiger partial charge in [0.2, 0.25) is 0 Å². The van der Waals surface area contributed by atoms with Gasteiger partial charge in [-0.1, -0.05) is 65.0 Å². The summed E-state index contributed by atoms with van der Waals surface area (Å²) in [6.45, 7) is 12.0. The van der Waals surface area contributed by atoms with E-state index in [2.05, 4.69) is 31.1 Å². The molecule has 1 aliphatic rings. The number of hydrogen-bond acceptors (Lipinski definition) is 9. The number of H-pyrrole nitrogens is 1. The molecule has 0 saturated carbocycles. The molecule has 0 saturated heterocycles. The molecule has 6 rings (SSSR count).